The Kier molecular flexibility index (Phi) is 13.1. The number of aliphatic hydroxyl groups excluding tert-OH is 2. The topological polar surface area (TPSA) is 98.0 Å². The van der Waals surface area contributed by atoms with Crippen molar-refractivity contribution in [2.45, 2.75) is 118 Å². The molecule has 0 aliphatic heterocycles. The first-order valence-corrected chi connectivity index (χ1v) is 15.9. The minimum Gasteiger partial charge on any atom is -0.393 e. The van der Waals surface area contributed by atoms with E-state index in [1.807, 2.05) is 109 Å². The summed E-state index contributed by atoms with van der Waals surface area (Å²) < 4.78 is 0. The van der Waals surface area contributed by atoms with E-state index in [9.17, 15) is 25.2 Å². The van der Waals surface area contributed by atoms with E-state index in [0.29, 0.717) is 30.4 Å². The van der Waals surface area contributed by atoms with Gasteiger partial charge in [-0.25, -0.2) is 0 Å². The van der Waals surface area contributed by atoms with Gasteiger partial charge in [-0.1, -0.05) is 99.6 Å². The second kappa shape index (κ2) is 15.5. The van der Waals surface area contributed by atoms with Crippen LogP contribution in [0.2, 0.25) is 0 Å². The van der Waals surface area contributed by atoms with Crippen LogP contribution in [0, 0.1) is 10.8 Å². The molecule has 2 aliphatic carbocycles. The Balaban J connectivity index is 2.00. The van der Waals surface area contributed by atoms with E-state index in [-0.39, 0.29) is 17.6 Å². The van der Waals surface area contributed by atoms with Crippen LogP contribution in [0.25, 0.3) is 0 Å². The van der Waals surface area contributed by atoms with Gasteiger partial charge < -0.3 is 20.4 Å². The van der Waals surface area contributed by atoms with Crippen LogP contribution in [0.1, 0.15) is 94.9 Å². The van der Waals surface area contributed by atoms with Crippen molar-refractivity contribution >= 4 is 5.78 Å². The molecule has 0 radical (unpaired) electrons. The van der Waals surface area contributed by atoms with Gasteiger partial charge in [0.15, 0.2) is 5.78 Å². The first-order valence-electron chi connectivity index (χ1n) is 15.9. The summed E-state index contributed by atoms with van der Waals surface area (Å²) in [5, 5.41) is 41.9. The molecule has 0 aromatic rings. The summed E-state index contributed by atoms with van der Waals surface area (Å²) >= 11 is 0. The molecule has 4 N–H and O–H groups in total. The molecule has 4 unspecified atom stereocenters. The molecule has 0 spiro atoms. The van der Waals surface area contributed by atoms with Crippen LogP contribution in [0.3, 0.4) is 0 Å². The van der Waals surface area contributed by atoms with E-state index in [0.717, 1.165) is 22.3 Å². The number of rotatable bonds is 9. The van der Waals surface area contributed by atoms with Crippen molar-refractivity contribution in [3.63, 3.8) is 0 Å². The lowest BCUT2D eigenvalue weighted by Gasteiger charge is -2.45. The van der Waals surface area contributed by atoms with Crippen LogP contribution in [0.5, 0.6) is 0 Å². The Labute approximate surface area is 271 Å². The fraction of sp³-hybridized carbons (Fsp3) is 0.500. The van der Waals surface area contributed by atoms with Crippen molar-refractivity contribution in [2.24, 2.45) is 10.8 Å². The molecular formula is C40H56O5. The van der Waals surface area contributed by atoms with Gasteiger partial charge >= 0.3 is 0 Å². The first kappa shape index (κ1) is 38.1. The average Bonchev–Trinajstić information content (AvgIpc) is 2.86. The maximum absolute atomic E-state index is 12.9. The van der Waals surface area contributed by atoms with Crippen molar-refractivity contribution in [3.8, 4) is 0 Å². The summed E-state index contributed by atoms with van der Waals surface area (Å²) in [7, 11) is 0. The largest absolute Gasteiger partial charge is 0.393 e. The molecule has 0 aromatic heterocycles. The molecule has 2 saturated carbocycles. The van der Waals surface area contributed by atoms with Crippen LogP contribution in [-0.2, 0) is 4.79 Å². The molecule has 5 heteroatoms. The lowest BCUT2D eigenvalue weighted by molar-refractivity contribution is -0.111. The molecule has 45 heavy (non-hydrogen) atoms. The van der Waals surface area contributed by atoms with E-state index in [2.05, 4.69) is 5.73 Å². The zero-order valence-corrected chi connectivity index (χ0v) is 29.1. The number of ketones is 1. The molecule has 0 amide bonds. The predicted octanol–water partition coefficient (Wildman–Crippen LogP) is 7.88. The standard InChI is InChI=1S/C40H56O5/c1-28(17-13-18-30(3)21-22-35-37(5,6)24-32(41)26-39(35,9)44)15-11-12-16-29(2)19-14-20-31(4)34(43)23-36-38(7,8)25-33(42)27-40(36,10)45/h11-21,23,32-33,41-42,44-45H,24-27H2,1-10H3/b12-11+,17-13?,19-14+,28-15?,29-16+,30-18?,31-20+,36-23?. The van der Waals surface area contributed by atoms with Gasteiger partial charge in [0.1, 0.15) is 0 Å². The van der Waals surface area contributed by atoms with Gasteiger partial charge in [0.25, 0.3) is 0 Å². The summed E-state index contributed by atoms with van der Waals surface area (Å²) in [5.74, 6) is -0.144. The lowest BCUT2D eigenvalue weighted by atomic mass is 9.64. The Bertz CT molecular complexity index is 1370. The van der Waals surface area contributed by atoms with Gasteiger partial charge in [0.2, 0.25) is 0 Å². The monoisotopic (exact) mass is 616 g/mol. The molecule has 2 fully saturated rings. The number of hydrogen-bond acceptors (Lipinski definition) is 5. The maximum Gasteiger partial charge on any atom is 0.181 e. The number of allylic oxidation sites excluding steroid dienone is 15. The minimum absolute atomic E-state index is 0.144. The predicted molar refractivity (Wildman–Crippen MR) is 186 cm³/mol. The molecule has 246 valence electrons. The summed E-state index contributed by atoms with van der Waals surface area (Å²) in [6, 6.07) is 0. The molecular weight excluding hydrogens is 560 g/mol. The Morgan fingerprint density at radius 3 is 1.64 bits per heavy atom. The van der Waals surface area contributed by atoms with Crippen molar-refractivity contribution < 1.29 is 25.2 Å². The molecule has 5 nitrogen and oxygen atoms in total. The van der Waals surface area contributed by atoms with E-state index in [4.69, 9.17) is 0 Å². The lowest BCUT2D eigenvalue weighted by Crippen LogP contribution is -2.45. The van der Waals surface area contributed by atoms with Crippen molar-refractivity contribution in [1.29, 1.82) is 0 Å². The van der Waals surface area contributed by atoms with Crippen LogP contribution < -0.4 is 0 Å². The van der Waals surface area contributed by atoms with E-state index < -0.39 is 28.8 Å². The Morgan fingerprint density at radius 2 is 1.13 bits per heavy atom. The molecule has 0 saturated heterocycles. The maximum atomic E-state index is 12.9. The van der Waals surface area contributed by atoms with Gasteiger partial charge in [-0.3, -0.25) is 4.79 Å². The van der Waals surface area contributed by atoms with Gasteiger partial charge in [-0.15, -0.1) is 5.73 Å². The smallest absolute Gasteiger partial charge is 0.181 e. The summed E-state index contributed by atoms with van der Waals surface area (Å²) in [6.45, 7) is 19.2. The zero-order valence-electron chi connectivity index (χ0n) is 29.1. The zero-order chi connectivity index (χ0) is 34.2. The van der Waals surface area contributed by atoms with Crippen molar-refractivity contribution in [3.05, 3.63) is 112 Å². The fourth-order valence-corrected chi connectivity index (χ4v) is 6.61. The minimum atomic E-state index is -1.21. The van der Waals surface area contributed by atoms with Crippen molar-refractivity contribution in [1.82, 2.24) is 0 Å². The number of hydrogen-bond donors (Lipinski definition) is 4. The quantitative estimate of drug-likeness (QED) is 0.120. The average molecular weight is 617 g/mol. The highest BCUT2D eigenvalue weighted by atomic mass is 16.3. The van der Waals surface area contributed by atoms with Crippen molar-refractivity contribution in [2.75, 3.05) is 0 Å². The third-order valence-corrected chi connectivity index (χ3v) is 8.64. The number of aliphatic hydroxyl groups is 4. The van der Waals surface area contributed by atoms with E-state index >= 15 is 0 Å². The van der Waals surface area contributed by atoms with Gasteiger partial charge in [-0.05, 0) is 94.1 Å². The van der Waals surface area contributed by atoms with Crippen LogP contribution in [0.15, 0.2) is 112 Å². The van der Waals surface area contributed by atoms with Crippen LogP contribution in [0.4, 0.5) is 0 Å². The van der Waals surface area contributed by atoms with Crippen LogP contribution >= 0.6 is 0 Å². The molecule has 2 rings (SSSR count). The highest BCUT2D eigenvalue weighted by Crippen LogP contribution is 2.46. The summed E-state index contributed by atoms with van der Waals surface area (Å²) in [4.78, 5) is 12.9. The molecule has 4 atom stereocenters. The summed E-state index contributed by atoms with van der Waals surface area (Å²) in [5.41, 5.74) is 5.44. The Morgan fingerprint density at radius 1 is 0.667 bits per heavy atom. The molecule has 0 aromatic carbocycles. The number of carbonyl (C=O) groups is 1. The normalized spacial score (nSPS) is 30.9. The van der Waals surface area contributed by atoms with E-state index in [1.54, 1.807) is 32.9 Å². The third-order valence-electron chi connectivity index (χ3n) is 8.64. The van der Waals surface area contributed by atoms with Gasteiger partial charge in [0.05, 0.1) is 23.4 Å². The molecule has 2 aliphatic rings. The van der Waals surface area contributed by atoms with Gasteiger partial charge in [0, 0.05) is 18.4 Å². The molecule has 0 bridgehead atoms. The second-order valence-electron chi connectivity index (χ2n) is 14.7. The van der Waals surface area contributed by atoms with Crippen LogP contribution in [-0.4, -0.2) is 49.6 Å². The van der Waals surface area contributed by atoms with E-state index in [1.165, 1.54) is 0 Å². The Hall–Kier alpha value is -3.05. The second-order valence-corrected chi connectivity index (χ2v) is 14.7. The third kappa shape index (κ3) is 11.7. The fourth-order valence-electron chi connectivity index (χ4n) is 6.61. The highest BCUT2D eigenvalue weighted by molar-refractivity contribution is 6.04. The SMILES string of the molecule is CC(C=C=C1C(C)(C)CC(O)CC1(C)O)=CC=CC(C)=C/C=C/C=C(C)/C=C/C=C(\C)C(=O)C=C1C(C)(C)CC(O)CC1(C)O. The van der Waals surface area contributed by atoms with Gasteiger partial charge in [-0.2, -0.15) is 0 Å². The first-order chi connectivity index (χ1) is 20.7. The molecule has 0 heterocycles. The number of carbonyl (C=O) groups excluding carboxylic acids is 1. The summed E-state index contributed by atoms with van der Waals surface area (Å²) in [6.07, 6.45) is 23.6. The highest BCUT2D eigenvalue weighted by Gasteiger charge is 2.45.